The smallest absolute Gasteiger partial charge is 0.339 e. The van der Waals surface area contributed by atoms with Crippen LogP contribution < -0.4 is 20.1 Å². The van der Waals surface area contributed by atoms with E-state index in [0.29, 0.717) is 22.7 Å². The van der Waals surface area contributed by atoms with Crippen LogP contribution in [0.5, 0.6) is 17.2 Å². The van der Waals surface area contributed by atoms with Crippen molar-refractivity contribution in [3.05, 3.63) is 71.8 Å². The molecule has 0 saturated carbocycles. The van der Waals surface area contributed by atoms with Crippen molar-refractivity contribution in [1.82, 2.24) is 0 Å². The number of phenols is 1. The second-order valence-electron chi connectivity index (χ2n) is 6.92. The Hall–Kier alpha value is -4.18. The summed E-state index contributed by atoms with van der Waals surface area (Å²) in [6, 6.07) is 15.7. The first kappa shape index (κ1) is 24.5. The predicted molar refractivity (Wildman–Crippen MR) is 128 cm³/mol. The molecule has 0 fully saturated rings. The molecule has 0 aliphatic heterocycles. The van der Waals surface area contributed by atoms with Crippen LogP contribution in [0.15, 0.2) is 65.6 Å². The van der Waals surface area contributed by atoms with E-state index in [0.717, 1.165) is 4.90 Å². The Kier molecular flexibility index (Phi) is 7.99. The van der Waals surface area contributed by atoms with E-state index < -0.39 is 5.97 Å². The van der Waals surface area contributed by atoms with Gasteiger partial charge in [0.15, 0.2) is 11.5 Å². The third-order valence-corrected chi connectivity index (χ3v) is 5.65. The maximum atomic E-state index is 12.5. The molecule has 0 atom stereocenters. The van der Waals surface area contributed by atoms with E-state index in [1.807, 2.05) is 0 Å². The first-order valence-electron chi connectivity index (χ1n) is 9.93. The molecule has 0 unspecified atom stereocenters. The van der Waals surface area contributed by atoms with Gasteiger partial charge < -0.3 is 30.3 Å². The molecule has 0 bridgehead atoms. The monoisotopic (exact) mass is 482 g/mol. The van der Waals surface area contributed by atoms with E-state index in [1.165, 1.54) is 44.2 Å². The average molecular weight is 483 g/mol. The number of thioether (sulfide) groups is 1. The van der Waals surface area contributed by atoms with Gasteiger partial charge >= 0.3 is 5.97 Å². The molecule has 3 rings (SSSR count). The van der Waals surface area contributed by atoms with E-state index in [-0.39, 0.29) is 34.6 Å². The summed E-state index contributed by atoms with van der Waals surface area (Å²) in [4.78, 5) is 36.6. The highest BCUT2D eigenvalue weighted by molar-refractivity contribution is 8.00. The van der Waals surface area contributed by atoms with Crippen molar-refractivity contribution in [2.24, 2.45) is 0 Å². The summed E-state index contributed by atoms with van der Waals surface area (Å²) in [6.45, 7) is 0. The first-order chi connectivity index (χ1) is 16.3. The lowest BCUT2D eigenvalue weighted by atomic mass is 10.2. The van der Waals surface area contributed by atoms with Crippen molar-refractivity contribution < 1.29 is 34.1 Å². The number of carboxylic acid groups (broad SMARTS) is 1. The first-order valence-corrected chi connectivity index (χ1v) is 10.9. The number of rotatable bonds is 9. The van der Waals surface area contributed by atoms with Crippen molar-refractivity contribution in [2.45, 2.75) is 4.90 Å². The quantitative estimate of drug-likeness (QED) is 0.265. The van der Waals surface area contributed by atoms with Gasteiger partial charge in [-0.2, -0.15) is 0 Å². The molecule has 0 aliphatic carbocycles. The van der Waals surface area contributed by atoms with E-state index in [4.69, 9.17) is 14.6 Å². The fourth-order valence-electron chi connectivity index (χ4n) is 2.95. The molecule has 0 aliphatic rings. The molecule has 3 aromatic rings. The largest absolute Gasteiger partial charge is 0.507 e. The molecular formula is C24H22N2O7S. The highest BCUT2D eigenvalue weighted by Crippen LogP contribution is 2.28. The molecule has 9 nitrogen and oxygen atoms in total. The lowest BCUT2D eigenvalue weighted by molar-refractivity contribution is -0.113. The molecule has 0 heterocycles. The van der Waals surface area contributed by atoms with Gasteiger partial charge in [-0.15, -0.1) is 11.8 Å². The Morgan fingerprint density at radius 3 is 2.18 bits per heavy atom. The second kappa shape index (κ2) is 11.1. The van der Waals surface area contributed by atoms with Crippen LogP contribution in [-0.4, -0.2) is 48.0 Å². The molecule has 176 valence electrons. The van der Waals surface area contributed by atoms with Crippen LogP contribution in [0.25, 0.3) is 0 Å². The normalized spacial score (nSPS) is 10.3. The summed E-state index contributed by atoms with van der Waals surface area (Å²) in [7, 11) is 3.01. The lowest BCUT2D eigenvalue weighted by Crippen LogP contribution is -2.14. The molecule has 0 aromatic heterocycles. The number of aromatic carboxylic acids is 1. The minimum Gasteiger partial charge on any atom is -0.507 e. The number of hydrogen-bond donors (Lipinski definition) is 4. The predicted octanol–water partition coefficient (Wildman–Crippen LogP) is 4.09. The number of benzene rings is 3. The second-order valence-corrected chi connectivity index (χ2v) is 7.97. The molecule has 34 heavy (non-hydrogen) atoms. The fourth-order valence-corrected chi connectivity index (χ4v) is 3.64. The van der Waals surface area contributed by atoms with Gasteiger partial charge in [0.25, 0.3) is 5.91 Å². The van der Waals surface area contributed by atoms with Gasteiger partial charge in [0, 0.05) is 21.8 Å². The number of methoxy groups -OCH3 is 2. The molecule has 4 N–H and O–H groups in total. The van der Waals surface area contributed by atoms with E-state index in [9.17, 15) is 19.5 Å². The molecule has 10 heteroatoms. The number of carbonyl (C=O) groups excluding carboxylic acids is 2. The molecule has 2 amide bonds. The van der Waals surface area contributed by atoms with Crippen molar-refractivity contribution in [1.29, 1.82) is 0 Å². The number of hydrogen-bond acceptors (Lipinski definition) is 7. The van der Waals surface area contributed by atoms with Gasteiger partial charge in [-0.25, -0.2) is 4.79 Å². The summed E-state index contributed by atoms with van der Waals surface area (Å²) in [5.41, 5.74) is 0.970. The van der Waals surface area contributed by atoms with Crippen molar-refractivity contribution in [3.8, 4) is 17.2 Å². The zero-order valence-electron chi connectivity index (χ0n) is 18.3. The minimum atomic E-state index is -1.29. The van der Waals surface area contributed by atoms with Gasteiger partial charge in [0.2, 0.25) is 5.91 Å². The summed E-state index contributed by atoms with van der Waals surface area (Å²) >= 11 is 1.27. The van der Waals surface area contributed by atoms with Crippen LogP contribution in [0.2, 0.25) is 0 Å². The number of anilines is 2. The molecule has 3 aromatic carbocycles. The van der Waals surface area contributed by atoms with E-state index in [2.05, 4.69) is 10.6 Å². The third-order valence-electron chi connectivity index (χ3n) is 4.64. The van der Waals surface area contributed by atoms with Crippen LogP contribution >= 0.6 is 11.8 Å². The summed E-state index contributed by atoms with van der Waals surface area (Å²) in [6.07, 6.45) is 0. The Morgan fingerprint density at radius 1 is 0.853 bits per heavy atom. The zero-order chi connectivity index (χ0) is 24.7. The number of nitrogens with one attached hydrogen (secondary N) is 2. The maximum Gasteiger partial charge on any atom is 0.339 e. The SMILES string of the molecule is COc1ccc(C(=O)Nc2ccc(SCC(=O)Nc3ccc(O)c(C(=O)O)c3)cc2)cc1OC. The summed E-state index contributed by atoms with van der Waals surface area (Å²) in [5.74, 6) is -1.25. The average Bonchev–Trinajstić information content (AvgIpc) is 2.84. The van der Waals surface area contributed by atoms with Crippen molar-refractivity contribution in [2.75, 3.05) is 30.6 Å². The maximum absolute atomic E-state index is 12.5. The standard InChI is InChI=1S/C24H22N2O7S/c1-32-20-10-3-14(11-21(20)33-2)23(29)26-15-4-7-17(8-5-15)34-13-22(28)25-16-6-9-19(27)18(12-16)24(30)31/h3-12,27H,13H2,1-2H3,(H,25,28)(H,26,29)(H,30,31). The molecule has 0 radical (unpaired) electrons. The van der Waals surface area contributed by atoms with Crippen molar-refractivity contribution in [3.63, 3.8) is 0 Å². The van der Waals surface area contributed by atoms with E-state index >= 15 is 0 Å². The van der Waals surface area contributed by atoms with Gasteiger partial charge in [-0.1, -0.05) is 0 Å². The van der Waals surface area contributed by atoms with Crippen molar-refractivity contribution >= 4 is 40.9 Å². The summed E-state index contributed by atoms with van der Waals surface area (Å²) in [5, 5.41) is 24.0. The van der Waals surface area contributed by atoms with Gasteiger partial charge in [0.05, 0.1) is 20.0 Å². The highest BCUT2D eigenvalue weighted by Gasteiger charge is 2.13. The van der Waals surface area contributed by atoms with Crippen LogP contribution in [0.1, 0.15) is 20.7 Å². The van der Waals surface area contributed by atoms with Gasteiger partial charge in [-0.3, -0.25) is 9.59 Å². The summed E-state index contributed by atoms with van der Waals surface area (Å²) < 4.78 is 10.4. The van der Waals surface area contributed by atoms with Crippen LogP contribution in [0, 0.1) is 0 Å². The van der Waals surface area contributed by atoms with Crippen LogP contribution in [0.4, 0.5) is 11.4 Å². The highest BCUT2D eigenvalue weighted by atomic mass is 32.2. The van der Waals surface area contributed by atoms with Crippen LogP contribution in [0.3, 0.4) is 0 Å². The molecule has 0 spiro atoms. The number of amides is 2. The number of ether oxygens (including phenoxy) is 2. The van der Waals surface area contributed by atoms with Crippen LogP contribution in [-0.2, 0) is 4.79 Å². The Bertz CT molecular complexity index is 1210. The lowest BCUT2D eigenvalue weighted by Gasteiger charge is -2.10. The van der Waals surface area contributed by atoms with E-state index in [1.54, 1.807) is 42.5 Å². The number of carbonyl (C=O) groups is 3. The number of aromatic hydroxyl groups is 1. The fraction of sp³-hybridized carbons (Fsp3) is 0.125. The minimum absolute atomic E-state index is 0.0840. The molecular weight excluding hydrogens is 460 g/mol. The number of carboxylic acids is 1. The molecule has 0 saturated heterocycles. The van der Waals surface area contributed by atoms with Gasteiger partial charge in [0.1, 0.15) is 11.3 Å². The Balaban J connectivity index is 1.55. The topological polar surface area (TPSA) is 134 Å². The Morgan fingerprint density at radius 2 is 1.53 bits per heavy atom. The zero-order valence-corrected chi connectivity index (χ0v) is 19.1. The third kappa shape index (κ3) is 6.20. The van der Waals surface area contributed by atoms with Gasteiger partial charge in [-0.05, 0) is 60.7 Å². The Labute approximate surface area is 199 Å².